The van der Waals surface area contributed by atoms with Crippen molar-refractivity contribution < 1.29 is 15.0 Å². The Morgan fingerprint density at radius 1 is 1.54 bits per heavy atom. The van der Waals surface area contributed by atoms with Gasteiger partial charge in [-0.3, -0.25) is 9.69 Å². The molecule has 1 saturated heterocycles. The fourth-order valence-electron chi connectivity index (χ4n) is 1.60. The maximum Gasteiger partial charge on any atom is 0.323 e. The van der Waals surface area contributed by atoms with E-state index in [4.69, 9.17) is 5.11 Å². The third-order valence-electron chi connectivity index (χ3n) is 2.71. The van der Waals surface area contributed by atoms with Gasteiger partial charge in [-0.1, -0.05) is 0 Å². The highest BCUT2D eigenvalue weighted by Crippen LogP contribution is 2.20. The second kappa shape index (κ2) is 3.64. The number of carboxylic acid groups (broad SMARTS) is 1. The molecule has 13 heavy (non-hydrogen) atoms. The topological polar surface area (TPSA) is 60.8 Å². The average Bonchev–Trinajstić information content (AvgIpc) is 2.04. The third kappa shape index (κ3) is 2.19. The number of hydrogen-bond donors (Lipinski definition) is 2. The van der Waals surface area contributed by atoms with Crippen LogP contribution in [0.2, 0.25) is 0 Å². The number of nitrogens with zero attached hydrogens (tertiary/aromatic N) is 1. The first kappa shape index (κ1) is 10.5. The van der Waals surface area contributed by atoms with E-state index in [1.54, 1.807) is 13.8 Å². The maximum atomic E-state index is 10.9. The Kier molecular flexibility index (Phi) is 2.93. The first-order chi connectivity index (χ1) is 5.94. The summed E-state index contributed by atoms with van der Waals surface area (Å²) in [5, 5.41) is 18.3. The number of hydrogen-bond acceptors (Lipinski definition) is 3. The highest BCUT2D eigenvalue weighted by atomic mass is 16.4. The first-order valence-corrected chi connectivity index (χ1v) is 4.61. The summed E-state index contributed by atoms with van der Waals surface area (Å²) in [7, 11) is 0. The summed E-state index contributed by atoms with van der Waals surface area (Å²) in [6, 6.07) is 0. The second-order valence-electron chi connectivity index (χ2n) is 4.11. The van der Waals surface area contributed by atoms with E-state index >= 15 is 0 Å². The van der Waals surface area contributed by atoms with Crippen molar-refractivity contribution in [3.8, 4) is 0 Å². The molecule has 0 bridgehead atoms. The molecule has 0 saturated carbocycles. The monoisotopic (exact) mass is 187 g/mol. The van der Waals surface area contributed by atoms with Crippen molar-refractivity contribution in [2.24, 2.45) is 0 Å². The van der Waals surface area contributed by atoms with Gasteiger partial charge in [-0.05, 0) is 33.2 Å². The van der Waals surface area contributed by atoms with Crippen molar-refractivity contribution in [1.29, 1.82) is 0 Å². The summed E-state index contributed by atoms with van der Waals surface area (Å²) in [6.07, 6.45) is 1.29. The molecule has 1 fully saturated rings. The van der Waals surface area contributed by atoms with E-state index in [1.807, 2.05) is 4.90 Å². The molecule has 0 amide bonds. The van der Waals surface area contributed by atoms with E-state index in [1.165, 1.54) is 0 Å². The van der Waals surface area contributed by atoms with Crippen LogP contribution in [0.1, 0.15) is 26.7 Å². The molecular weight excluding hydrogens is 170 g/mol. The number of likely N-dealkylation sites (tertiary alicyclic amines) is 1. The van der Waals surface area contributed by atoms with Crippen LogP contribution in [0.25, 0.3) is 0 Å². The molecule has 0 aromatic carbocycles. The molecule has 4 nitrogen and oxygen atoms in total. The lowest BCUT2D eigenvalue weighted by atomic mass is 9.98. The quantitative estimate of drug-likeness (QED) is 0.653. The van der Waals surface area contributed by atoms with Crippen LogP contribution in [0.3, 0.4) is 0 Å². The highest BCUT2D eigenvalue weighted by Gasteiger charge is 2.36. The molecule has 0 aromatic heterocycles. The van der Waals surface area contributed by atoms with E-state index in [0.717, 1.165) is 19.4 Å². The van der Waals surface area contributed by atoms with Crippen LogP contribution in [0.15, 0.2) is 0 Å². The molecule has 1 unspecified atom stereocenters. The number of rotatable bonds is 2. The van der Waals surface area contributed by atoms with Crippen molar-refractivity contribution >= 4 is 5.97 Å². The Hall–Kier alpha value is -0.610. The summed E-state index contributed by atoms with van der Waals surface area (Å²) in [5.41, 5.74) is -0.860. The molecule has 0 aliphatic carbocycles. The molecule has 0 aromatic rings. The van der Waals surface area contributed by atoms with Crippen LogP contribution in [-0.2, 0) is 4.79 Å². The minimum atomic E-state index is -0.860. The summed E-state index contributed by atoms with van der Waals surface area (Å²) in [4.78, 5) is 12.7. The van der Waals surface area contributed by atoms with Gasteiger partial charge in [0.15, 0.2) is 0 Å². The standard InChI is InChI=1S/C9H17NO3/c1-9(2,8(12)13)10-5-3-4-7(11)6-10/h7,11H,3-6H2,1-2H3,(H,12,13). The Morgan fingerprint density at radius 2 is 2.15 bits per heavy atom. The maximum absolute atomic E-state index is 10.9. The van der Waals surface area contributed by atoms with Gasteiger partial charge in [-0.25, -0.2) is 0 Å². The van der Waals surface area contributed by atoms with Crippen LogP contribution in [0.4, 0.5) is 0 Å². The van der Waals surface area contributed by atoms with Gasteiger partial charge in [0.05, 0.1) is 6.10 Å². The van der Waals surface area contributed by atoms with E-state index in [9.17, 15) is 9.90 Å². The number of piperidine rings is 1. The Morgan fingerprint density at radius 3 is 2.62 bits per heavy atom. The lowest BCUT2D eigenvalue weighted by Gasteiger charge is -2.39. The summed E-state index contributed by atoms with van der Waals surface area (Å²) >= 11 is 0. The van der Waals surface area contributed by atoms with Gasteiger partial charge in [0.25, 0.3) is 0 Å². The van der Waals surface area contributed by atoms with Gasteiger partial charge in [-0.2, -0.15) is 0 Å². The number of carboxylic acids is 1. The highest BCUT2D eigenvalue weighted by molar-refractivity contribution is 5.77. The molecule has 1 aliphatic heterocycles. The fourth-order valence-corrected chi connectivity index (χ4v) is 1.60. The van der Waals surface area contributed by atoms with Crippen LogP contribution in [0, 0.1) is 0 Å². The van der Waals surface area contributed by atoms with Gasteiger partial charge >= 0.3 is 5.97 Å². The van der Waals surface area contributed by atoms with E-state index in [0.29, 0.717) is 6.54 Å². The molecule has 1 rings (SSSR count). The number of aliphatic hydroxyl groups is 1. The average molecular weight is 187 g/mol. The summed E-state index contributed by atoms with van der Waals surface area (Å²) < 4.78 is 0. The van der Waals surface area contributed by atoms with E-state index < -0.39 is 11.5 Å². The summed E-state index contributed by atoms with van der Waals surface area (Å²) in [6.45, 7) is 4.58. The Labute approximate surface area is 78.2 Å². The lowest BCUT2D eigenvalue weighted by molar-refractivity contribution is -0.151. The van der Waals surface area contributed by atoms with Crippen molar-refractivity contribution in [1.82, 2.24) is 4.90 Å². The van der Waals surface area contributed by atoms with Crippen molar-refractivity contribution in [2.75, 3.05) is 13.1 Å². The van der Waals surface area contributed by atoms with Crippen molar-refractivity contribution in [2.45, 2.75) is 38.3 Å². The number of carbonyl (C=O) groups is 1. The number of β-amino-alcohol motifs (C(OH)–C–C–N with tert-alkyl or cyclic N) is 1. The molecule has 2 N–H and O–H groups in total. The van der Waals surface area contributed by atoms with E-state index in [-0.39, 0.29) is 6.10 Å². The first-order valence-electron chi connectivity index (χ1n) is 4.61. The van der Waals surface area contributed by atoms with Gasteiger partial charge in [-0.15, -0.1) is 0 Å². The molecule has 0 spiro atoms. The zero-order chi connectivity index (χ0) is 10.1. The van der Waals surface area contributed by atoms with Gasteiger partial charge in [0.2, 0.25) is 0 Å². The predicted octanol–water partition coefficient (Wildman–Crippen LogP) is 0.306. The Balaban J connectivity index is 2.64. The lowest BCUT2D eigenvalue weighted by Crippen LogP contribution is -2.54. The molecule has 1 atom stereocenters. The molecule has 1 heterocycles. The summed E-state index contributed by atoms with van der Waals surface area (Å²) in [5.74, 6) is -0.832. The van der Waals surface area contributed by atoms with Gasteiger partial charge < -0.3 is 10.2 Å². The molecule has 4 heteroatoms. The largest absolute Gasteiger partial charge is 0.480 e. The van der Waals surface area contributed by atoms with Crippen molar-refractivity contribution in [3.05, 3.63) is 0 Å². The van der Waals surface area contributed by atoms with Crippen molar-refractivity contribution in [3.63, 3.8) is 0 Å². The zero-order valence-corrected chi connectivity index (χ0v) is 8.16. The number of aliphatic carboxylic acids is 1. The van der Waals surface area contributed by atoms with Crippen LogP contribution >= 0.6 is 0 Å². The SMILES string of the molecule is CC(C)(C(=O)O)N1CCCC(O)C1. The normalized spacial score (nSPS) is 25.9. The van der Waals surface area contributed by atoms with Crippen LogP contribution in [-0.4, -0.2) is 45.8 Å². The van der Waals surface area contributed by atoms with Crippen LogP contribution < -0.4 is 0 Å². The smallest absolute Gasteiger partial charge is 0.323 e. The fraction of sp³-hybridized carbons (Fsp3) is 0.889. The number of aliphatic hydroxyl groups excluding tert-OH is 1. The predicted molar refractivity (Wildman–Crippen MR) is 48.5 cm³/mol. The Bertz CT molecular complexity index is 203. The molecular formula is C9H17NO3. The van der Waals surface area contributed by atoms with Gasteiger partial charge in [0, 0.05) is 6.54 Å². The van der Waals surface area contributed by atoms with E-state index in [2.05, 4.69) is 0 Å². The zero-order valence-electron chi connectivity index (χ0n) is 8.16. The minimum absolute atomic E-state index is 0.368. The second-order valence-corrected chi connectivity index (χ2v) is 4.11. The third-order valence-corrected chi connectivity index (χ3v) is 2.71. The molecule has 0 radical (unpaired) electrons. The minimum Gasteiger partial charge on any atom is -0.480 e. The molecule has 76 valence electrons. The molecule has 1 aliphatic rings. The van der Waals surface area contributed by atoms with Gasteiger partial charge in [0.1, 0.15) is 5.54 Å². The van der Waals surface area contributed by atoms with Crippen LogP contribution in [0.5, 0.6) is 0 Å².